The zero-order valence-electron chi connectivity index (χ0n) is 29.2. The second kappa shape index (κ2) is 41.3. The maximum Gasteiger partial charge on any atom is 2.00 e. The van der Waals surface area contributed by atoms with Crippen LogP contribution < -0.4 is 21.2 Å². The number of benzene rings is 4. The molecule has 54 heavy (non-hydrogen) atoms. The van der Waals surface area contributed by atoms with Crippen LogP contribution >= 0.6 is 34.9 Å². The number of hydrogen-bond donors (Lipinski definition) is 0. The van der Waals surface area contributed by atoms with Crippen molar-refractivity contribution in [3.63, 3.8) is 0 Å². The van der Waals surface area contributed by atoms with E-state index in [-0.39, 0.29) is 52.2 Å². The molecule has 0 atom stereocenters. The first-order valence-corrected chi connectivity index (χ1v) is 21.6. The van der Waals surface area contributed by atoms with Gasteiger partial charge in [-0.3, -0.25) is 0 Å². The molecule has 0 heterocycles. The predicted octanol–water partition coefficient (Wildman–Crippen LogP) is 11.3. The predicted molar refractivity (Wildman–Crippen MR) is 205 cm³/mol. The third-order valence-electron chi connectivity index (χ3n) is 4.82. The van der Waals surface area contributed by atoms with Gasteiger partial charge >= 0.3 is 69.9 Å². The minimum atomic E-state index is -6.00. The molecule has 0 aliphatic rings. The van der Waals surface area contributed by atoms with Crippen molar-refractivity contribution in [3.8, 4) is 24.3 Å². The first-order valence-electron chi connectivity index (χ1n) is 14.5. The van der Waals surface area contributed by atoms with E-state index >= 15 is 0 Å². The largest absolute Gasteiger partial charge is 2.00 e. The quantitative estimate of drug-likeness (QED) is 0.105. The van der Waals surface area contributed by atoms with E-state index in [4.69, 9.17) is 40.1 Å². The van der Waals surface area contributed by atoms with Crippen LogP contribution in [0.25, 0.3) is 0 Å². The fraction of sp³-hybridized carbons (Fsp3) is 0.176. The van der Waals surface area contributed by atoms with Crippen molar-refractivity contribution in [2.24, 2.45) is 0 Å². The minimum absolute atomic E-state index is 0. The number of halogens is 10. The van der Waals surface area contributed by atoms with E-state index in [1.807, 2.05) is 0 Å². The van der Waals surface area contributed by atoms with E-state index in [9.17, 15) is 34.5 Å². The SMILES string of the molecule is CC#N.CC#N.CC#N.CC#N.F[B-](F)(F)F.F[B-](F)(F)F.[Cl][Pd][Cl].[Pd+2].c1ccc(P(CCP(c2ccccc2)c2ccccc2)c2ccccc2)cc1. The summed E-state index contributed by atoms with van der Waals surface area (Å²) < 4.78 is 78.0. The Bertz CT molecular complexity index is 1350. The van der Waals surface area contributed by atoms with E-state index in [1.54, 1.807) is 24.3 Å². The molecule has 0 saturated heterocycles. The topological polar surface area (TPSA) is 95.2 Å². The summed E-state index contributed by atoms with van der Waals surface area (Å²) in [4.78, 5) is 0. The standard InChI is InChI=1S/C26H24P2.4C2H3N.2BF4.2ClH.2Pd/c1-5-13-23(14-6-1)27(24-15-7-2-8-16-24)21-22-28(25-17-9-3-10-18-25)26-19-11-4-12-20-26;4*1-2-3;2*2-1(3,4)5;;;;/h1-20H,21-22H2;4*1H3;;;2*1H;;/q;;;;;2*-1;;;2*+2/p-2. The molecule has 4 rings (SSSR count). The van der Waals surface area contributed by atoms with Crippen LogP contribution in [0.2, 0.25) is 0 Å². The average molecular weight is 1020 g/mol. The van der Waals surface area contributed by atoms with Crippen LogP contribution in [0.4, 0.5) is 34.5 Å². The molecule has 0 aliphatic carbocycles. The van der Waals surface area contributed by atoms with Crippen molar-refractivity contribution in [2.45, 2.75) is 27.7 Å². The molecule has 0 aromatic heterocycles. The van der Waals surface area contributed by atoms with Crippen molar-refractivity contribution in [2.75, 3.05) is 12.3 Å². The molecule has 0 bridgehead atoms. The second-order valence-electron chi connectivity index (χ2n) is 8.57. The Kier molecular flexibility index (Phi) is 46.3. The summed E-state index contributed by atoms with van der Waals surface area (Å²) >= 11 is -0.106. The van der Waals surface area contributed by atoms with Crippen molar-refractivity contribution >= 4 is 70.6 Å². The summed E-state index contributed by atoms with van der Waals surface area (Å²) in [6, 6.07) is 51.2. The van der Waals surface area contributed by atoms with Gasteiger partial charge in [-0.25, -0.2) is 0 Å². The van der Waals surface area contributed by atoms with Crippen LogP contribution in [0, 0.1) is 45.3 Å². The van der Waals surface area contributed by atoms with Gasteiger partial charge < -0.3 is 34.5 Å². The molecular weight excluding hydrogens is 984 g/mol. The summed E-state index contributed by atoms with van der Waals surface area (Å²) in [6.45, 7) is 5.72. The Balaban J connectivity index is -0.000000253. The Morgan fingerprint density at radius 1 is 0.444 bits per heavy atom. The van der Waals surface area contributed by atoms with Crippen LogP contribution in [-0.2, 0) is 36.4 Å². The molecule has 0 unspecified atom stereocenters. The van der Waals surface area contributed by atoms with Crippen LogP contribution in [0.1, 0.15) is 27.7 Å². The van der Waals surface area contributed by atoms with Gasteiger partial charge in [0.2, 0.25) is 0 Å². The van der Waals surface area contributed by atoms with Crippen LogP contribution in [-0.4, -0.2) is 26.8 Å². The van der Waals surface area contributed by atoms with E-state index in [0.717, 1.165) is 0 Å². The monoisotopic (exact) mass is 1020 g/mol. The Morgan fingerprint density at radius 2 is 0.556 bits per heavy atom. The van der Waals surface area contributed by atoms with Gasteiger partial charge in [0, 0.05) is 27.7 Å². The molecule has 0 aliphatic heterocycles. The van der Waals surface area contributed by atoms with Gasteiger partial charge in [-0.05, 0) is 49.4 Å². The zero-order valence-corrected chi connectivity index (χ0v) is 35.6. The molecule has 298 valence electrons. The molecule has 0 spiro atoms. The fourth-order valence-corrected chi connectivity index (χ4v) is 8.80. The summed E-state index contributed by atoms with van der Waals surface area (Å²) in [6.07, 6.45) is 2.41. The molecule has 0 saturated carbocycles. The number of hydrogen-bond acceptors (Lipinski definition) is 4. The van der Waals surface area contributed by atoms with Crippen LogP contribution in [0.15, 0.2) is 121 Å². The Morgan fingerprint density at radius 3 is 0.667 bits per heavy atom. The van der Waals surface area contributed by atoms with Gasteiger partial charge in [-0.1, -0.05) is 121 Å². The smallest absolute Gasteiger partial charge is 0.0622 e. The summed E-state index contributed by atoms with van der Waals surface area (Å²) in [5, 5.41) is 35.2. The molecule has 0 N–H and O–H groups in total. The first kappa shape index (κ1) is 60.4. The van der Waals surface area contributed by atoms with Crippen LogP contribution in [0.5, 0.6) is 0 Å². The van der Waals surface area contributed by atoms with E-state index < -0.39 is 14.5 Å². The van der Waals surface area contributed by atoms with E-state index in [1.165, 1.54) is 61.2 Å². The molecule has 4 nitrogen and oxygen atoms in total. The molecular formula is C34H36B2Cl2F8N4P2Pd2. The summed E-state index contributed by atoms with van der Waals surface area (Å²) in [5.74, 6) is 0. The van der Waals surface area contributed by atoms with Crippen LogP contribution in [0.3, 0.4) is 0 Å². The number of nitriles is 4. The Hall–Kier alpha value is -2.83. The Labute approximate surface area is 346 Å². The molecule has 20 heteroatoms. The van der Waals surface area contributed by atoms with Gasteiger partial charge in [0.25, 0.3) is 0 Å². The summed E-state index contributed by atoms with van der Waals surface area (Å²) in [7, 11) is -3.07. The van der Waals surface area contributed by atoms with Gasteiger partial charge in [0.1, 0.15) is 0 Å². The third kappa shape index (κ3) is 45.3. The van der Waals surface area contributed by atoms with Gasteiger partial charge in [-0.15, -0.1) is 0 Å². The van der Waals surface area contributed by atoms with Crippen molar-refractivity contribution in [3.05, 3.63) is 121 Å². The van der Waals surface area contributed by atoms with Gasteiger partial charge in [0.05, 0.1) is 24.3 Å². The molecule has 0 fully saturated rings. The van der Waals surface area contributed by atoms with Crippen molar-refractivity contribution in [1.29, 1.82) is 21.0 Å². The van der Waals surface area contributed by atoms with Crippen molar-refractivity contribution < 1.29 is 70.9 Å². The number of rotatable bonds is 7. The minimum Gasteiger partial charge on any atom is -0.0622 e. The maximum atomic E-state index is 9.75. The summed E-state index contributed by atoms with van der Waals surface area (Å²) in [5.41, 5.74) is 0. The zero-order chi connectivity index (χ0) is 41.6. The third-order valence-corrected chi connectivity index (χ3v) is 10.2. The van der Waals surface area contributed by atoms with Crippen molar-refractivity contribution in [1.82, 2.24) is 0 Å². The molecule has 4 aromatic carbocycles. The maximum absolute atomic E-state index is 9.75. The normalized spacial score (nSPS) is 8.96. The van der Waals surface area contributed by atoms with E-state index in [2.05, 4.69) is 121 Å². The fourth-order valence-electron chi connectivity index (χ4n) is 3.45. The molecule has 4 aromatic rings. The number of nitrogens with zero attached hydrogens (tertiary/aromatic N) is 4. The van der Waals surface area contributed by atoms with Gasteiger partial charge in [-0.2, -0.15) is 21.0 Å². The van der Waals surface area contributed by atoms with Gasteiger partial charge in [0.15, 0.2) is 0 Å². The second-order valence-corrected chi connectivity index (χ2v) is 15.6. The van der Waals surface area contributed by atoms with E-state index in [0.29, 0.717) is 0 Å². The molecule has 0 radical (unpaired) electrons. The average Bonchev–Trinajstić information content (AvgIpc) is 3.09. The first-order chi connectivity index (χ1) is 25.0. The molecule has 0 amide bonds.